The van der Waals surface area contributed by atoms with E-state index in [1.54, 1.807) is 32.6 Å². The quantitative estimate of drug-likeness (QED) is 0.634. The molecule has 1 heterocycles. The normalized spacial score (nSPS) is 9.64. The lowest BCUT2D eigenvalue weighted by atomic mass is 10.8. The van der Waals surface area contributed by atoms with Crippen molar-refractivity contribution in [3.05, 3.63) is 18.5 Å². The minimum Gasteiger partial charge on any atom is -0.338 e. The second kappa shape index (κ2) is 3.43. The average molecular weight is 171 g/mol. The lowest BCUT2D eigenvalue weighted by Crippen LogP contribution is -2.17. The van der Waals surface area contributed by atoms with Gasteiger partial charge in [0.05, 0.1) is 11.9 Å². The van der Waals surface area contributed by atoms with E-state index in [-0.39, 0.29) is 5.24 Å². The van der Waals surface area contributed by atoms with Gasteiger partial charge in [0, 0.05) is 26.5 Å². The van der Waals surface area contributed by atoms with Gasteiger partial charge in [-0.1, -0.05) is 0 Å². The summed E-state index contributed by atoms with van der Waals surface area (Å²) in [5, 5.41) is 3.84. The summed E-state index contributed by atoms with van der Waals surface area (Å²) >= 11 is 1.05. The van der Waals surface area contributed by atoms with Gasteiger partial charge in [-0.25, -0.2) is 4.09 Å². The second-order valence-electron chi connectivity index (χ2n) is 2.16. The predicted octanol–water partition coefficient (Wildman–Crippen LogP) is 1.06. The molecule has 0 saturated carbocycles. The topological polar surface area (TPSA) is 38.1 Å². The Morgan fingerprint density at radius 2 is 2.36 bits per heavy atom. The van der Waals surface area contributed by atoms with Crippen LogP contribution in [-0.4, -0.2) is 33.4 Å². The summed E-state index contributed by atoms with van der Waals surface area (Å²) in [4.78, 5) is 12.5. The predicted molar refractivity (Wildman–Crippen MR) is 44.3 cm³/mol. The zero-order valence-electron chi connectivity index (χ0n) is 6.39. The van der Waals surface area contributed by atoms with Crippen molar-refractivity contribution >= 4 is 17.2 Å². The van der Waals surface area contributed by atoms with Crippen molar-refractivity contribution in [2.45, 2.75) is 0 Å². The monoisotopic (exact) mass is 171 g/mol. The highest BCUT2D eigenvalue weighted by Crippen LogP contribution is 2.06. The molecule has 0 unspecified atom stereocenters. The maximum Gasteiger partial charge on any atom is 0.303 e. The molecule has 1 rings (SSSR count). The third kappa shape index (κ3) is 2.27. The summed E-state index contributed by atoms with van der Waals surface area (Å²) < 4.78 is 1.52. The highest BCUT2D eigenvalue weighted by Gasteiger charge is 2.05. The van der Waals surface area contributed by atoms with Gasteiger partial charge in [-0.2, -0.15) is 5.10 Å². The van der Waals surface area contributed by atoms with E-state index in [0.717, 1.165) is 11.9 Å². The molecule has 11 heavy (non-hydrogen) atoms. The molecule has 5 heteroatoms. The fourth-order valence-corrected chi connectivity index (χ4v) is 1.03. The van der Waals surface area contributed by atoms with Crippen molar-refractivity contribution in [1.82, 2.24) is 14.1 Å². The molecule has 0 saturated heterocycles. The first kappa shape index (κ1) is 8.13. The molecular formula is C6H9N3OS. The largest absolute Gasteiger partial charge is 0.338 e. The van der Waals surface area contributed by atoms with Gasteiger partial charge >= 0.3 is 5.24 Å². The van der Waals surface area contributed by atoms with Crippen molar-refractivity contribution in [2.24, 2.45) is 0 Å². The number of carbonyl (C=O) groups is 1. The molecule has 4 nitrogen and oxygen atoms in total. The maximum absolute atomic E-state index is 11.0. The zero-order chi connectivity index (χ0) is 8.27. The molecule has 0 radical (unpaired) electrons. The number of nitrogens with zero attached hydrogens (tertiary/aromatic N) is 3. The van der Waals surface area contributed by atoms with Gasteiger partial charge in [0.2, 0.25) is 0 Å². The molecule has 0 N–H and O–H groups in total. The van der Waals surface area contributed by atoms with Crippen LogP contribution in [-0.2, 0) is 0 Å². The van der Waals surface area contributed by atoms with Crippen molar-refractivity contribution in [2.75, 3.05) is 14.1 Å². The summed E-state index contributed by atoms with van der Waals surface area (Å²) in [5.41, 5.74) is 0. The second-order valence-corrected chi connectivity index (χ2v) is 3.07. The number of aromatic nitrogens is 2. The molecule has 0 bridgehead atoms. The Morgan fingerprint density at radius 1 is 1.64 bits per heavy atom. The average Bonchev–Trinajstić information content (AvgIpc) is 2.39. The zero-order valence-corrected chi connectivity index (χ0v) is 7.21. The first-order chi connectivity index (χ1) is 5.20. The molecular weight excluding hydrogens is 162 g/mol. The van der Waals surface area contributed by atoms with Crippen LogP contribution in [0.4, 0.5) is 4.79 Å². The van der Waals surface area contributed by atoms with Crippen LogP contribution in [0.3, 0.4) is 0 Å². The van der Waals surface area contributed by atoms with Crippen LogP contribution in [0.25, 0.3) is 0 Å². The fourth-order valence-electron chi connectivity index (χ4n) is 0.470. The summed E-state index contributed by atoms with van der Waals surface area (Å²) in [6.07, 6.45) is 3.36. The molecule has 1 amide bonds. The van der Waals surface area contributed by atoms with Crippen molar-refractivity contribution in [1.29, 1.82) is 0 Å². The molecule has 0 atom stereocenters. The van der Waals surface area contributed by atoms with Crippen LogP contribution in [0.5, 0.6) is 0 Å². The Labute approximate surface area is 69.3 Å². The Morgan fingerprint density at radius 3 is 2.82 bits per heavy atom. The van der Waals surface area contributed by atoms with Crippen LogP contribution >= 0.6 is 11.9 Å². The van der Waals surface area contributed by atoms with E-state index in [2.05, 4.69) is 5.10 Å². The van der Waals surface area contributed by atoms with Gasteiger partial charge in [-0.05, 0) is 6.07 Å². The maximum atomic E-state index is 11.0. The Hall–Kier alpha value is -0.970. The molecule has 1 aromatic rings. The van der Waals surface area contributed by atoms with Crippen molar-refractivity contribution in [3.63, 3.8) is 0 Å². The molecule has 0 aromatic carbocycles. The van der Waals surface area contributed by atoms with E-state index in [1.807, 2.05) is 0 Å². The molecule has 0 aliphatic heterocycles. The van der Waals surface area contributed by atoms with E-state index >= 15 is 0 Å². The van der Waals surface area contributed by atoms with Crippen molar-refractivity contribution in [3.8, 4) is 0 Å². The highest BCUT2D eigenvalue weighted by atomic mass is 32.2. The first-order valence-corrected chi connectivity index (χ1v) is 3.87. The Balaban J connectivity index is 2.50. The summed E-state index contributed by atoms with van der Waals surface area (Å²) in [6, 6.07) is 1.77. The van der Waals surface area contributed by atoms with Crippen LogP contribution in [0, 0.1) is 0 Å². The lowest BCUT2D eigenvalue weighted by molar-refractivity contribution is 0.241. The Bertz CT molecular complexity index is 232. The van der Waals surface area contributed by atoms with Crippen LogP contribution in [0.1, 0.15) is 0 Å². The lowest BCUT2D eigenvalue weighted by Gasteiger charge is -2.07. The van der Waals surface area contributed by atoms with E-state index in [1.165, 1.54) is 8.99 Å². The number of hydrogen-bond acceptors (Lipinski definition) is 3. The SMILES string of the molecule is CN(C)C(=O)Sn1cccn1. The van der Waals surface area contributed by atoms with E-state index < -0.39 is 0 Å². The van der Waals surface area contributed by atoms with E-state index in [0.29, 0.717) is 0 Å². The van der Waals surface area contributed by atoms with Gasteiger partial charge < -0.3 is 4.90 Å². The van der Waals surface area contributed by atoms with E-state index in [4.69, 9.17) is 0 Å². The third-order valence-electron chi connectivity index (χ3n) is 1.02. The molecule has 60 valence electrons. The minimum atomic E-state index is -0.0336. The number of carbonyl (C=O) groups excluding carboxylic acids is 1. The van der Waals surface area contributed by atoms with Crippen LogP contribution in [0.2, 0.25) is 0 Å². The summed E-state index contributed by atoms with van der Waals surface area (Å²) in [5.74, 6) is 0. The van der Waals surface area contributed by atoms with Crippen LogP contribution in [0.15, 0.2) is 18.5 Å². The highest BCUT2D eigenvalue weighted by molar-refractivity contribution is 8.12. The summed E-state index contributed by atoms with van der Waals surface area (Å²) in [7, 11) is 3.41. The molecule has 1 aromatic heterocycles. The smallest absolute Gasteiger partial charge is 0.303 e. The fraction of sp³-hybridized carbons (Fsp3) is 0.333. The van der Waals surface area contributed by atoms with Gasteiger partial charge in [-0.15, -0.1) is 0 Å². The third-order valence-corrected chi connectivity index (χ3v) is 1.94. The van der Waals surface area contributed by atoms with Gasteiger partial charge in [-0.3, -0.25) is 4.79 Å². The number of rotatable bonds is 1. The van der Waals surface area contributed by atoms with Gasteiger partial charge in [0.15, 0.2) is 0 Å². The molecule has 0 fully saturated rings. The minimum absolute atomic E-state index is 0.0336. The first-order valence-electron chi connectivity index (χ1n) is 3.09. The molecule has 0 spiro atoms. The van der Waals surface area contributed by atoms with Gasteiger partial charge in [0.25, 0.3) is 0 Å². The Kier molecular flexibility index (Phi) is 2.53. The van der Waals surface area contributed by atoms with E-state index in [9.17, 15) is 4.79 Å². The van der Waals surface area contributed by atoms with Crippen LogP contribution < -0.4 is 0 Å². The van der Waals surface area contributed by atoms with Gasteiger partial charge in [0.1, 0.15) is 0 Å². The standard InChI is InChI=1S/C6H9N3OS/c1-8(2)6(10)11-9-5-3-4-7-9/h3-5H,1-2H3. The van der Waals surface area contributed by atoms with Crippen molar-refractivity contribution < 1.29 is 4.79 Å². The number of hydrogen-bond donors (Lipinski definition) is 0. The molecule has 0 aliphatic carbocycles. The summed E-state index contributed by atoms with van der Waals surface area (Å²) in [6.45, 7) is 0. The number of amides is 1. The molecule has 0 aliphatic rings.